The first-order valence-electron chi connectivity index (χ1n) is 9.75. The lowest BCUT2D eigenvalue weighted by molar-refractivity contribution is -0.116. The number of carbonyl (C=O) groups is 1. The molecule has 174 valence electrons. The van der Waals surface area contributed by atoms with Crippen LogP contribution >= 0.6 is 11.6 Å². The summed E-state index contributed by atoms with van der Waals surface area (Å²) in [7, 11) is 0.0286. The smallest absolute Gasteiger partial charge is 0.247 e. The topological polar surface area (TPSA) is 94.2 Å². The summed E-state index contributed by atoms with van der Waals surface area (Å²) in [6.45, 7) is -0.458. The second-order valence-electron chi connectivity index (χ2n) is 6.88. The number of methoxy groups -OCH3 is 2. The van der Waals surface area contributed by atoms with Crippen LogP contribution < -0.4 is 19.5 Å². The molecule has 1 amide bonds. The van der Waals surface area contributed by atoms with Crippen LogP contribution in [0.3, 0.4) is 0 Å². The highest BCUT2D eigenvalue weighted by atomic mass is 35.5. The summed E-state index contributed by atoms with van der Waals surface area (Å²) in [5.74, 6) is 0.826. The van der Waals surface area contributed by atoms with Gasteiger partial charge in [0.05, 0.1) is 26.5 Å². The number of carbonyl (C=O) groups excluding carboxylic acids is 1. The van der Waals surface area contributed by atoms with E-state index in [2.05, 4.69) is 5.32 Å². The molecule has 1 N–H and O–H groups in total. The number of nitrogens with one attached hydrogen (secondary N) is 1. The van der Waals surface area contributed by atoms with E-state index in [9.17, 15) is 13.2 Å². The van der Waals surface area contributed by atoms with Crippen molar-refractivity contribution in [2.75, 3.05) is 33.1 Å². The maximum absolute atomic E-state index is 13.1. The predicted octanol–water partition coefficient (Wildman–Crippen LogP) is 4.41. The van der Waals surface area contributed by atoms with Gasteiger partial charge in [-0.1, -0.05) is 29.8 Å². The van der Waals surface area contributed by atoms with Gasteiger partial charge in [-0.2, -0.15) is 4.31 Å². The van der Waals surface area contributed by atoms with E-state index >= 15 is 0 Å². The number of benzene rings is 3. The van der Waals surface area contributed by atoms with Crippen molar-refractivity contribution in [3.8, 4) is 23.0 Å². The van der Waals surface area contributed by atoms with Crippen molar-refractivity contribution in [3.63, 3.8) is 0 Å². The molecular formula is C23H23ClN2O6S. The van der Waals surface area contributed by atoms with Crippen LogP contribution in [0.5, 0.6) is 23.0 Å². The normalized spacial score (nSPS) is 11.2. The molecule has 8 nitrogen and oxygen atoms in total. The lowest BCUT2D eigenvalue weighted by Crippen LogP contribution is -2.35. The molecule has 0 bridgehead atoms. The molecule has 0 aliphatic carbocycles. The molecule has 3 aromatic carbocycles. The Morgan fingerprint density at radius 1 is 0.939 bits per heavy atom. The second kappa shape index (κ2) is 10.6. The van der Waals surface area contributed by atoms with Gasteiger partial charge in [-0.05, 0) is 42.5 Å². The third kappa shape index (κ3) is 5.95. The predicted molar refractivity (Wildman–Crippen MR) is 126 cm³/mol. The van der Waals surface area contributed by atoms with Crippen LogP contribution in [-0.2, 0) is 14.8 Å². The molecule has 0 unspecified atom stereocenters. The fourth-order valence-corrected chi connectivity index (χ4v) is 4.40. The van der Waals surface area contributed by atoms with Gasteiger partial charge in [0.15, 0.2) is 5.75 Å². The van der Waals surface area contributed by atoms with Gasteiger partial charge in [0.25, 0.3) is 0 Å². The summed E-state index contributed by atoms with van der Waals surface area (Å²) in [6, 6.07) is 18.2. The molecule has 0 saturated carbocycles. The summed E-state index contributed by atoms with van der Waals surface area (Å²) in [5.41, 5.74) is 0.307. The average Bonchev–Trinajstić information content (AvgIpc) is 2.80. The minimum atomic E-state index is -4.06. The van der Waals surface area contributed by atoms with Gasteiger partial charge < -0.3 is 19.5 Å². The number of para-hydroxylation sites is 1. The minimum Gasteiger partial charge on any atom is -0.497 e. The Balaban J connectivity index is 1.79. The number of sulfonamides is 1. The monoisotopic (exact) mass is 490 g/mol. The largest absolute Gasteiger partial charge is 0.497 e. The first-order chi connectivity index (χ1) is 15.7. The van der Waals surface area contributed by atoms with E-state index in [4.69, 9.17) is 25.8 Å². The Labute approximate surface area is 197 Å². The SMILES string of the molecule is COc1ccc(OC)c(S(=O)(=O)N(C)CC(=O)Nc2cc(Cl)ccc2Oc2ccccc2)c1. The van der Waals surface area contributed by atoms with Crippen LogP contribution in [0.15, 0.2) is 71.6 Å². The van der Waals surface area contributed by atoms with Crippen LogP contribution in [0.25, 0.3) is 0 Å². The molecule has 0 atom stereocenters. The van der Waals surface area contributed by atoms with Crippen molar-refractivity contribution in [2.45, 2.75) is 4.90 Å². The number of halogens is 1. The van der Waals surface area contributed by atoms with E-state index in [0.29, 0.717) is 28.0 Å². The number of amides is 1. The third-order valence-corrected chi connectivity index (χ3v) is 6.67. The number of hydrogen-bond donors (Lipinski definition) is 1. The molecule has 0 radical (unpaired) electrons. The van der Waals surface area contributed by atoms with Crippen LogP contribution in [0.2, 0.25) is 5.02 Å². The fourth-order valence-electron chi connectivity index (χ4n) is 2.93. The van der Waals surface area contributed by atoms with Gasteiger partial charge in [0.2, 0.25) is 15.9 Å². The quantitative estimate of drug-likeness (QED) is 0.477. The second-order valence-corrected chi connectivity index (χ2v) is 9.33. The Morgan fingerprint density at radius 2 is 1.64 bits per heavy atom. The Bertz CT molecular complexity index is 1230. The maximum atomic E-state index is 13.1. The van der Waals surface area contributed by atoms with Crippen LogP contribution in [-0.4, -0.2) is 46.4 Å². The Kier molecular flexibility index (Phi) is 7.80. The standard InChI is InChI=1S/C23H23ClN2O6S/c1-26(33(28,29)22-14-18(30-2)10-12-21(22)31-3)15-23(27)25-19-13-16(24)9-11-20(19)32-17-7-5-4-6-8-17/h4-14H,15H2,1-3H3,(H,25,27). The molecule has 0 spiro atoms. The summed E-state index contributed by atoms with van der Waals surface area (Å²) >= 11 is 6.08. The zero-order valence-corrected chi connectivity index (χ0v) is 19.8. The number of ether oxygens (including phenoxy) is 3. The molecule has 10 heteroatoms. The molecule has 0 saturated heterocycles. The number of likely N-dealkylation sites (N-methyl/N-ethyl adjacent to an activating group) is 1. The van der Waals surface area contributed by atoms with E-state index in [0.717, 1.165) is 4.31 Å². The summed E-state index contributed by atoms with van der Waals surface area (Å²) < 4.78 is 43.2. The molecule has 3 aromatic rings. The van der Waals surface area contributed by atoms with Gasteiger partial charge >= 0.3 is 0 Å². The summed E-state index contributed by atoms with van der Waals surface area (Å²) in [6.07, 6.45) is 0. The van der Waals surface area contributed by atoms with E-state index < -0.39 is 22.5 Å². The van der Waals surface area contributed by atoms with Gasteiger partial charge in [-0.3, -0.25) is 4.79 Å². The lowest BCUT2D eigenvalue weighted by Gasteiger charge is -2.19. The Hall–Kier alpha value is -3.27. The average molecular weight is 491 g/mol. The van der Waals surface area contributed by atoms with Crippen molar-refractivity contribution in [1.82, 2.24) is 4.31 Å². The first kappa shape index (κ1) is 24.4. The van der Waals surface area contributed by atoms with Crippen molar-refractivity contribution in [3.05, 3.63) is 71.8 Å². The molecule has 0 aromatic heterocycles. The van der Waals surface area contributed by atoms with Gasteiger partial charge in [0, 0.05) is 18.1 Å². The molecule has 0 aliphatic heterocycles. The fraction of sp³-hybridized carbons (Fsp3) is 0.174. The lowest BCUT2D eigenvalue weighted by atomic mass is 10.2. The number of anilines is 1. The molecule has 0 aliphatic rings. The Morgan fingerprint density at radius 3 is 2.30 bits per heavy atom. The first-order valence-corrected chi connectivity index (χ1v) is 11.6. The molecular weight excluding hydrogens is 468 g/mol. The highest BCUT2D eigenvalue weighted by Crippen LogP contribution is 2.33. The molecule has 3 rings (SSSR count). The van der Waals surface area contributed by atoms with E-state index in [1.54, 1.807) is 30.3 Å². The van der Waals surface area contributed by atoms with Crippen molar-refractivity contribution < 1.29 is 27.4 Å². The van der Waals surface area contributed by atoms with E-state index in [1.807, 2.05) is 18.2 Å². The maximum Gasteiger partial charge on any atom is 0.247 e. The molecule has 0 heterocycles. The highest BCUT2D eigenvalue weighted by Gasteiger charge is 2.27. The van der Waals surface area contributed by atoms with Crippen LogP contribution in [0.1, 0.15) is 0 Å². The minimum absolute atomic E-state index is 0.115. The van der Waals surface area contributed by atoms with Gasteiger partial charge in [0.1, 0.15) is 22.1 Å². The number of hydrogen-bond acceptors (Lipinski definition) is 6. The zero-order chi connectivity index (χ0) is 24.0. The summed E-state index contributed by atoms with van der Waals surface area (Å²) in [4.78, 5) is 12.6. The van der Waals surface area contributed by atoms with Crippen LogP contribution in [0, 0.1) is 0 Å². The van der Waals surface area contributed by atoms with E-state index in [1.165, 1.54) is 39.5 Å². The van der Waals surface area contributed by atoms with Crippen LogP contribution in [0.4, 0.5) is 5.69 Å². The van der Waals surface area contributed by atoms with E-state index in [-0.39, 0.29) is 10.6 Å². The molecule has 0 fully saturated rings. The van der Waals surface area contributed by atoms with Crippen molar-refractivity contribution >= 4 is 33.2 Å². The zero-order valence-electron chi connectivity index (χ0n) is 18.2. The molecule has 33 heavy (non-hydrogen) atoms. The number of nitrogens with zero attached hydrogens (tertiary/aromatic N) is 1. The van der Waals surface area contributed by atoms with Gasteiger partial charge in [-0.15, -0.1) is 0 Å². The van der Waals surface area contributed by atoms with Gasteiger partial charge in [-0.25, -0.2) is 8.42 Å². The third-order valence-electron chi connectivity index (χ3n) is 4.61. The van der Waals surface area contributed by atoms with Crippen molar-refractivity contribution in [1.29, 1.82) is 0 Å². The highest BCUT2D eigenvalue weighted by molar-refractivity contribution is 7.89. The van der Waals surface area contributed by atoms with Crippen molar-refractivity contribution in [2.24, 2.45) is 0 Å². The summed E-state index contributed by atoms with van der Waals surface area (Å²) in [5, 5.41) is 3.05. The number of rotatable bonds is 9.